The van der Waals surface area contributed by atoms with E-state index in [2.05, 4.69) is 28.0 Å². The third-order valence-electron chi connectivity index (χ3n) is 6.43. The van der Waals surface area contributed by atoms with Gasteiger partial charge in [0.1, 0.15) is 5.84 Å². The minimum absolute atomic E-state index is 0.0165. The number of nitrogens with two attached hydrogens (primary N) is 1. The maximum absolute atomic E-state index is 12.5. The van der Waals surface area contributed by atoms with Crippen molar-refractivity contribution in [2.45, 2.75) is 26.8 Å². The van der Waals surface area contributed by atoms with E-state index in [4.69, 9.17) is 16.6 Å². The lowest BCUT2D eigenvalue weighted by Gasteiger charge is -2.26. The Balaban J connectivity index is 1.52. The zero-order valence-corrected chi connectivity index (χ0v) is 19.8. The van der Waals surface area contributed by atoms with Crippen LogP contribution in [0.25, 0.3) is 10.8 Å². The van der Waals surface area contributed by atoms with Crippen molar-refractivity contribution in [1.82, 2.24) is 4.90 Å². The van der Waals surface area contributed by atoms with E-state index in [0.717, 1.165) is 60.3 Å². The van der Waals surface area contributed by atoms with Crippen molar-refractivity contribution in [3.63, 3.8) is 0 Å². The number of carbonyl (C=O) groups is 1. The highest BCUT2D eigenvalue weighted by molar-refractivity contribution is 5.99. The summed E-state index contributed by atoms with van der Waals surface area (Å²) in [6.45, 7) is 7.51. The van der Waals surface area contributed by atoms with Crippen LogP contribution in [0.3, 0.4) is 0 Å². The Morgan fingerprint density at radius 3 is 2.32 bits per heavy atom. The number of hydrogen-bond acceptors (Lipinski definition) is 4. The van der Waals surface area contributed by atoms with E-state index in [-0.39, 0.29) is 11.7 Å². The van der Waals surface area contributed by atoms with Gasteiger partial charge in [-0.05, 0) is 66.1 Å². The Morgan fingerprint density at radius 2 is 1.65 bits per heavy atom. The molecule has 176 valence electrons. The van der Waals surface area contributed by atoms with Crippen molar-refractivity contribution in [1.29, 1.82) is 10.8 Å². The zero-order chi connectivity index (χ0) is 24.2. The molecule has 7 nitrogen and oxygen atoms in total. The molecule has 0 atom stereocenters. The molecule has 1 saturated heterocycles. The highest BCUT2D eigenvalue weighted by atomic mass is 16.2. The van der Waals surface area contributed by atoms with Crippen molar-refractivity contribution in [3.8, 4) is 0 Å². The van der Waals surface area contributed by atoms with Crippen LogP contribution in [-0.2, 0) is 11.3 Å². The molecular weight excluding hydrogens is 424 g/mol. The number of nitrogens with one attached hydrogen (secondary N) is 2. The van der Waals surface area contributed by atoms with Crippen LogP contribution in [0.15, 0.2) is 60.7 Å². The van der Waals surface area contributed by atoms with Gasteiger partial charge in [-0.1, -0.05) is 24.3 Å². The standard InChI is InChI=1S/C27H32N6O/c1-19(28)31-12-3-13-32(15-14-31)25-8-10-26(11-9-25)33(20(2)34)18-21-4-5-22-6-7-23(27(29)30)17-24(22)16-21/h4-11,16-17,28H,3,12-15,18H2,1-2H3,(H3,29,30). The smallest absolute Gasteiger partial charge is 0.224 e. The summed E-state index contributed by atoms with van der Waals surface area (Å²) in [5.41, 5.74) is 9.36. The number of nitrogen functional groups attached to an aromatic ring is 1. The van der Waals surface area contributed by atoms with Crippen LogP contribution in [0.4, 0.5) is 11.4 Å². The number of nitrogens with zero attached hydrogens (tertiary/aromatic N) is 3. The molecule has 0 unspecified atom stereocenters. The fourth-order valence-electron chi connectivity index (χ4n) is 4.48. The molecule has 1 amide bonds. The lowest BCUT2D eigenvalue weighted by Crippen LogP contribution is -2.33. The first-order valence-electron chi connectivity index (χ1n) is 11.6. The van der Waals surface area contributed by atoms with Gasteiger partial charge in [-0.15, -0.1) is 0 Å². The van der Waals surface area contributed by atoms with Gasteiger partial charge in [0.25, 0.3) is 0 Å². The number of carbonyl (C=O) groups excluding carboxylic acids is 1. The van der Waals surface area contributed by atoms with E-state index in [0.29, 0.717) is 17.9 Å². The van der Waals surface area contributed by atoms with Crippen LogP contribution < -0.4 is 15.5 Å². The Hall–Kier alpha value is -3.87. The molecule has 3 aromatic carbocycles. The highest BCUT2D eigenvalue weighted by Crippen LogP contribution is 2.25. The Labute approximate surface area is 200 Å². The van der Waals surface area contributed by atoms with Crippen molar-refractivity contribution < 1.29 is 4.79 Å². The molecule has 1 aliphatic rings. The average Bonchev–Trinajstić information content (AvgIpc) is 3.08. The van der Waals surface area contributed by atoms with Crippen molar-refractivity contribution in [2.75, 3.05) is 36.0 Å². The van der Waals surface area contributed by atoms with Gasteiger partial charge >= 0.3 is 0 Å². The predicted octanol–water partition coefficient (Wildman–Crippen LogP) is 4.19. The summed E-state index contributed by atoms with van der Waals surface area (Å²) < 4.78 is 0. The second kappa shape index (κ2) is 9.95. The molecule has 34 heavy (non-hydrogen) atoms. The summed E-state index contributed by atoms with van der Waals surface area (Å²) in [6.07, 6.45) is 1.02. The summed E-state index contributed by atoms with van der Waals surface area (Å²) in [6, 6.07) is 20.0. The van der Waals surface area contributed by atoms with Gasteiger partial charge in [-0.3, -0.25) is 15.6 Å². The highest BCUT2D eigenvalue weighted by Gasteiger charge is 2.17. The number of anilines is 2. The number of benzene rings is 3. The largest absolute Gasteiger partial charge is 0.384 e. The Kier molecular flexibility index (Phi) is 6.82. The molecule has 7 heteroatoms. The lowest BCUT2D eigenvalue weighted by atomic mass is 10.0. The molecule has 0 spiro atoms. The number of fused-ring (bicyclic) bond motifs is 1. The summed E-state index contributed by atoms with van der Waals surface area (Å²) in [4.78, 5) is 18.8. The summed E-state index contributed by atoms with van der Waals surface area (Å²) in [5.74, 6) is 0.653. The number of amides is 1. The first-order valence-corrected chi connectivity index (χ1v) is 11.6. The number of rotatable bonds is 5. The third kappa shape index (κ3) is 5.20. The van der Waals surface area contributed by atoms with Gasteiger partial charge in [0.15, 0.2) is 0 Å². The van der Waals surface area contributed by atoms with Gasteiger partial charge in [0, 0.05) is 50.0 Å². The SMILES string of the molecule is CC(=N)N1CCCN(c2ccc(N(Cc3ccc4ccc(C(=N)N)cc4c3)C(C)=O)cc2)CC1. The van der Waals surface area contributed by atoms with Crippen LogP contribution in [-0.4, -0.2) is 48.7 Å². The number of hydrogen-bond donors (Lipinski definition) is 3. The van der Waals surface area contributed by atoms with Gasteiger partial charge in [0.05, 0.1) is 12.4 Å². The Morgan fingerprint density at radius 1 is 0.912 bits per heavy atom. The van der Waals surface area contributed by atoms with Gasteiger partial charge in [-0.2, -0.15) is 0 Å². The molecule has 0 aromatic heterocycles. The van der Waals surface area contributed by atoms with Gasteiger partial charge < -0.3 is 20.4 Å². The maximum Gasteiger partial charge on any atom is 0.224 e. The molecule has 4 N–H and O–H groups in total. The topological polar surface area (TPSA) is 101 Å². The zero-order valence-electron chi connectivity index (χ0n) is 19.8. The van der Waals surface area contributed by atoms with Crippen molar-refractivity contribution >= 4 is 39.7 Å². The van der Waals surface area contributed by atoms with Crippen LogP contribution >= 0.6 is 0 Å². The van der Waals surface area contributed by atoms with Crippen molar-refractivity contribution in [2.24, 2.45) is 5.73 Å². The van der Waals surface area contributed by atoms with Crippen molar-refractivity contribution in [3.05, 3.63) is 71.8 Å². The van der Waals surface area contributed by atoms with E-state index >= 15 is 0 Å². The second-order valence-corrected chi connectivity index (χ2v) is 8.84. The first-order chi connectivity index (χ1) is 16.3. The minimum atomic E-state index is -0.0165. The maximum atomic E-state index is 12.5. The second-order valence-electron chi connectivity index (χ2n) is 8.84. The quantitative estimate of drug-likeness (QED) is 0.396. The third-order valence-corrected chi connectivity index (χ3v) is 6.43. The fourth-order valence-corrected chi connectivity index (χ4v) is 4.48. The first kappa shape index (κ1) is 23.3. The van der Waals surface area contributed by atoms with Crippen LogP contribution in [0, 0.1) is 10.8 Å². The Bertz CT molecular complexity index is 1220. The summed E-state index contributed by atoms with van der Waals surface area (Å²) in [7, 11) is 0. The number of amidine groups is 2. The average molecular weight is 457 g/mol. The molecule has 3 aromatic rings. The van der Waals surface area contributed by atoms with Gasteiger partial charge in [-0.25, -0.2) is 0 Å². The van der Waals surface area contributed by atoms with E-state index in [9.17, 15) is 4.79 Å². The summed E-state index contributed by atoms with van der Waals surface area (Å²) >= 11 is 0. The molecule has 4 rings (SSSR count). The molecule has 0 aliphatic carbocycles. The molecule has 0 saturated carbocycles. The van der Waals surface area contributed by atoms with E-state index < -0.39 is 0 Å². The van der Waals surface area contributed by atoms with E-state index in [1.165, 1.54) is 0 Å². The van der Waals surface area contributed by atoms with Crippen LogP contribution in [0.2, 0.25) is 0 Å². The van der Waals surface area contributed by atoms with Gasteiger partial charge in [0.2, 0.25) is 5.91 Å². The molecule has 1 aliphatic heterocycles. The van der Waals surface area contributed by atoms with E-state index in [1.807, 2.05) is 49.4 Å². The molecule has 1 heterocycles. The molecular formula is C27H32N6O. The lowest BCUT2D eigenvalue weighted by molar-refractivity contribution is -0.116. The summed E-state index contributed by atoms with van der Waals surface area (Å²) in [5, 5.41) is 17.7. The van der Waals surface area contributed by atoms with E-state index in [1.54, 1.807) is 11.8 Å². The van der Waals surface area contributed by atoms with Crippen LogP contribution in [0.1, 0.15) is 31.4 Å². The van der Waals surface area contributed by atoms with Crippen LogP contribution in [0.5, 0.6) is 0 Å². The normalized spacial score (nSPS) is 14.1. The fraction of sp³-hybridized carbons (Fsp3) is 0.296. The molecule has 1 fully saturated rings. The molecule has 0 bridgehead atoms. The molecule has 0 radical (unpaired) electrons. The monoisotopic (exact) mass is 456 g/mol. The predicted molar refractivity (Wildman–Crippen MR) is 140 cm³/mol. The minimum Gasteiger partial charge on any atom is -0.384 e.